The lowest BCUT2D eigenvalue weighted by molar-refractivity contribution is 0.410. The van der Waals surface area contributed by atoms with E-state index in [1.807, 2.05) is 12.1 Å². The van der Waals surface area contributed by atoms with Gasteiger partial charge in [-0.2, -0.15) is 0 Å². The molecule has 100 valence electrons. The maximum Gasteiger partial charge on any atom is 0.212 e. The van der Waals surface area contributed by atoms with Gasteiger partial charge in [0.1, 0.15) is 5.75 Å². The molecule has 0 aliphatic carbocycles. The molecule has 1 aliphatic heterocycles. The summed E-state index contributed by atoms with van der Waals surface area (Å²) in [6, 6.07) is 5.67. The van der Waals surface area contributed by atoms with Crippen molar-refractivity contribution in [2.45, 2.75) is 18.9 Å². The summed E-state index contributed by atoms with van der Waals surface area (Å²) in [5, 5.41) is 4.01. The number of ether oxygens (including phenoxy) is 1. The van der Waals surface area contributed by atoms with E-state index in [2.05, 4.69) is 10.3 Å². The maximum absolute atomic E-state index is 6.03. The van der Waals surface area contributed by atoms with E-state index in [0.717, 1.165) is 36.6 Å². The summed E-state index contributed by atoms with van der Waals surface area (Å²) in [5.74, 6) is 2.14. The predicted molar refractivity (Wildman–Crippen MR) is 73.5 cm³/mol. The summed E-state index contributed by atoms with van der Waals surface area (Å²) in [6.45, 7) is 1.02. The van der Waals surface area contributed by atoms with Gasteiger partial charge in [0.2, 0.25) is 5.89 Å². The molecular weight excluding hydrogens is 264 g/mol. The Bertz CT molecular complexity index is 577. The Labute approximate surface area is 116 Å². The first-order chi connectivity index (χ1) is 9.28. The summed E-state index contributed by atoms with van der Waals surface area (Å²) in [6.07, 6.45) is 3.94. The number of rotatable bonds is 3. The lowest BCUT2D eigenvalue weighted by Crippen LogP contribution is -2.12. The molecule has 1 aromatic heterocycles. The summed E-state index contributed by atoms with van der Waals surface area (Å²) in [7, 11) is 1.63. The highest BCUT2D eigenvalue weighted by molar-refractivity contribution is 6.30. The molecule has 1 N–H and O–H groups in total. The molecule has 1 fully saturated rings. The smallest absolute Gasteiger partial charge is 0.212 e. The Morgan fingerprint density at radius 3 is 3.11 bits per heavy atom. The van der Waals surface area contributed by atoms with Crippen molar-refractivity contribution in [1.82, 2.24) is 10.3 Å². The van der Waals surface area contributed by atoms with E-state index in [1.165, 1.54) is 0 Å². The normalized spacial score (nSPS) is 18.7. The molecule has 2 aromatic rings. The van der Waals surface area contributed by atoms with Crippen molar-refractivity contribution < 1.29 is 9.15 Å². The second-order valence-electron chi connectivity index (χ2n) is 4.56. The largest absolute Gasteiger partial charge is 0.496 e. The van der Waals surface area contributed by atoms with Gasteiger partial charge in [-0.15, -0.1) is 0 Å². The molecule has 0 amide bonds. The van der Waals surface area contributed by atoms with Crippen LogP contribution in [0.15, 0.2) is 28.8 Å². The first kappa shape index (κ1) is 12.5. The molecule has 0 saturated carbocycles. The van der Waals surface area contributed by atoms with E-state index in [0.29, 0.717) is 10.8 Å². The van der Waals surface area contributed by atoms with Crippen LogP contribution < -0.4 is 10.1 Å². The highest BCUT2D eigenvalue weighted by Crippen LogP contribution is 2.34. The van der Waals surface area contributed by atoms with Crippen LogP contribution in [0.5, 0.6) is 5.75 Å². The van der Waals surface area contributed by atoms with Gasteiger partial charge in [0.25, 0.3) is 0 Å². The highest BCUT2D eigenvalue weighted by Gasteiger charge is 2.22. The van der Waals surface area contributed by atoms with E-state index < -0.39 is 0 Å². The summed E-state index contributed by atoms with van der Waals surface area (Å²) >= 11 is 6.03. The van der Waals surface area contributed by atoms with Crippen molar-refractivity contribution in [2.24, 2.45) is 0 Å². The van der Waals surface area contributed by atoms with Crippen molar-refractivity contribution in [3.8, 4) is 17.1 Å². The zero-order valence-corrected chi connectivity index (χ0v) is 11.4. The fraction of sp³-hybridized carbons (Fsp3) is 0.357. The first-order valence-corrected chi connectivity index (χ1v) is 6.69. The van der Waals surface area contributed by atoms with Gasteiger partial charge < -0.3 is 14.5 Å². The fourth-order valence-electron chi connectivity index (χ4n) is 2.34. The monoisotopic (exact) mass is 278 g/mol. The molecule has 0 radical (unpaired) electrons. The van der Waals surface area contributed by atoms with Gasteiger partial charge in [-0.25, -0.2) is 4.98 Å². The van der Waals surface area contributed by atoms with Gasteiger partial charge in [-0.3, -0.25) is 0 Å². The molecule has 1 aliphatic rings. The van der Waals surface area contributed by atoms with Crippen LogP contribution in [0.1, 0.15) is 24.8 Å². The molecule has 1 saturated heterocycles. The highest BCUT2D eigenvalue weighted by atomic mass is 35.5. The van der Waals surface area contributed by atoms with Crippen molar-refractivity contribution in [3.63, 3.8) is 0 Å². The molecule has 19 heavy (non-hydrogen) atoms. The van der Waals surface area contributed by atoms with Crippen molar-refractivity contribution >= 4 is 11.6 Å². The minimum absolute atomic E-state index is 0.221. The standard InChI is InChI=1S/C14H15ClN2O2/c1-18-12-5-4-9(15)7-10(12)13-8-17-14(19-13)11-3-2-6-16-11/h4-5,7-8,11,16H,2-3,6H2,1H3. The molecule has 1 aromatic carbocycles. The van der Waals surface area contributed by atoms with Crippen molar-refractivity contribution in [3.05, 3.63) is 35.3 Å². The lowest BCUT2D eigenvalue weighted by atomic mass is 10.1. The minimum Gasteiger partial charge on any atom is -0.496 e. The molecule has 0 spiro atoms. The zero-order chi connectivity index (χ0) is 13.2. The van der Waals surface area contributed by atoms with Gasteiger partial charge >= 0.3 is 0 Å². The number of nitrogens with zero attached hydrogens (tertiary/aromatic N) is 1. The van der Waals surface area contributed by atoms with Crippen molar-refractivity contribution in [1.29, 1.82) is 0 Å². The predicted octanol–water partition coefficient (Wildman–Crippen LogP) is 3.43. The van der Waals surface area contributed by atoms with Crippen molar-refractivity contribution in [2.75, 3.05) is 13.7 Å². The topological polar surface area (TPSA) is 47.3 Å². The third-order valence-corrected chi connectivity index (χ3v) is 3.54. The molecule has 5 heteroatoms. The summed E-state index contributed by atoms with van der Waals surface area (Å²) in [5.41, 5.74) is 0.826. The SMILES string of the molecule is COc1ccc(Cl)cc1-c1cnc(C2CCCN2)o1. The Balaban J connectivity index is 1.95. The molecule has 4 nitrogen and oxygen atoms in total. The third kappa shape index (κ3) is 2.46. The third-order valence-electron chi connectivity index (χ3n) is 3.31. The van der Waals surface area contributed by atoms with Gasteiger partial charge in [0.15, 0.2) is 5.76 Å². The van der Waals surface area contributed by atoms with E-state index in [4.69, 9.17) is 20.8 Å². The number of nitrogens with one attached hydrogen (secondary N) is 1. The average Bonchev–Trinajstić information content (AvgIpc) is 3.09. The number of aromatic nitrogens is 1. The fourth-order valence-corrected chi connectivity index (χ4v) is 2.51. The number of oxazole rings is 1. The first-order valence-electron chi connectivity index (χ1n) is 6.31. The second kappa shape index (κ2) is 5.23. The van der Waals surface area contributed by atoms with E-state index in [1.54, 1.807) is 19.4 Å². The second-order valence-corrected chi connectivity index (χ2v) is 4.99. The van der Waals surface area contributed by atoms with Crippen LogP contribution in [-0.2, 0) is 0 Å². The maximum atomic E-state index is 6.03. The van der Waals surface area contributed by atoms with Crippen LogP contribution in [0, 0.1) is 0 Å². The Morgan fingerprint density at radius 2 is 2.37 bits per heavy atom. The Morgan fingerprint density at radius 1 is 1.47 bits per heavy atom. The summed E-state index contributed by atoms with van der Waals surface area (Å²) in [4.78, 5) is 4.35. The number of benzene rings is 1. The van der Waals surface area contributed by atoms with Crippen LogP contribution >= 0.6 is 11.6 Å². The zero-order valence-electron chi connectivity index (χ0n) is 10.6. The number of methoxy groups -OCH3 is 1. The van der Waals surface area contributed by atoms with Crippen LogP contribution in [0.25, 0.3) is 11.3 Å². The van der Waals surface area contributed by atoms with E-state index >= 15 is 0 Å². The minimum atomic E-state index is 0.221. The molecule has 1 atom stereocenters. The van der Waals surface area contributed by atoms with E-state index in [9.17, 15) is 0 Å². The molecule has 2 heterocycles. The lowest BCUT2D eigenvalue weighted by Gasteiger charge is -2.07. The number of hydrogen-bond acceptors (Lipinski definition) is 4. The summed E-state index contributed by atoms with van der Waals surface area (Å²) < 4.78 is 11.2. The van der Waals surface area contributed by atoms with E-state index in [-0.39, 0.29) is 6.04 Å². The van der Waals surface area contributed by atoms with Gasteiger partial charge in [0.05, 0.1) is 24.9 Å². The molecule has 3 rings (SSSR count). The molecule has 1 unspecified atom stereocenters. The van der Waals surface area contributed by atoms with Crippen LogP contribution in [0.2, 0.25) is 5.02 Å². The van der Waals surface area contributed by atoms with Crippen LogP contribution in [0.4, 0.5) is 0 Å². The molecule has 0 bridgehead atoms. The average molecular weight is 279 g/mol. The van der Waals surface area contributed by atoms with Gasteiger partial charge in [-0.1, -0.05) is 11.6 Å². The quantitative estimate of drug-likeness (QED) is 0.934. The number of hydrogen-bond donors (Lipinski definition) is 1. The van der Waals surface area contributed by atoms with Gasteiger partial charge in [0, 0.05) is 5.02 Å². The van der Waals surface area contributed by atoms with Crippen LogP contribution in [-0.4, -0.2) is 18.6 Å². The van der Waals surface area contributed by atoms with Gasteiger partial charge in [-0.05, 0) is 37.6 Å². The Kier molecular flexibility index (Phi) is 3.44. The number of halogens is 1. The Hall–Kier alpha value is -1.52. The van der Waals surface area contributed by atoms with Crippen LogP contribution in [0.3, 0.4) is 0 Å². The molecular formula is C14H15ClN2O2.